The highest BCUT2D eigenvalue weighted by atomic mass is 16.5. The maximum absolute atomic E-state index is 10.7. The summed E-state index contributed by atoms with van der Waals surface area (Å²) < 4.78 is 12.7. The molecule has 5 nitrogen and oxygen atoms in total. The Labute approximate surface area is 128 Å². The van der Waals surface area contributed by atoms with Gasteiger partial charge < -0.3 is 19.7 Å². The zero-order chi connectivity index (χ0) is 15.7. The fraction of sp³-hybridized carbons (Fsp3) is 0.294. The number of para-hydroxylation sites is 2. The van der Waals surface area contributed by atoms with E-state index in [1.165, 1.54) is 4.57 Å². The van der Waals surface area contributed by atoms with Gasteiger partial charge in [0.1, 0.15) is 17.0 Å². The first-order valence-electron chi connectivity index (χ1n) is 7.13. The van der Waals surface area contributed by atoms with Crippen molar-refractivity contribution in [2.24, 2.45) is 0 Å². The Bertz CT molecular complexity index is 781. The van der Waals surface area contributed by atoms with Crippen LogP contribution in [0.15, 0.2) is 36.4 Å². The largest absolute Gasteiger partial charge is 0.495 e. The quantitative estimate of drug-likeness (QED) is 0.837. The van der Waals surface area contributed by atoms with Crippen LogP contribution in [0.25, 0.3) is 5.69 Å². The van der Waals surface area contributed by atoms with Gasteiger partial charge in [-0.1, -0.05) is 12.1 Å². The third-order valence-electron chi connectivity index (χ3n) is 4.58. The van der Waals surface area contributed by atoms with Gasteiger partial charge in [0.2, 0.25) is 11.8 Å². The van der Waals surface area contributed by atoms with Crippen LogP contribution in [-0.2, 0) is 15.9 Å². The minimum absolute atomic E-state index is 0.0208. The van der Waals surface area contributed by atoms with Crippen LogP contribution in [0.3, 0.4) is 0 Å². The molecule has 4 rings (SSSR count). The number of fused-ring (bicyclic) bond motifs is 5. The van der Waals surface area contributed by atoms with Crippen molar-refractivity contribution in [3.63, 3.8) is 0 Å². The smallest absolute Gasteiger partial charge is 0.205 e. The molecule has 0 fully saturated rings. The van der Waals surface area contributed by atoms with Gasteiger partial charge in [0.25, 0.3) is 0 Å². The molecule has 2 aliphatic rings. The summed E-state index contributed by atoms with van der Waals surface area (Å²) >= 11 is 0. The highest BCUT2D eigenvalue weighted by Gasteiger charge is 2.56. The van der Waals surface area contributed by atoms with Gasteiger partial charge in [-0.15, -0.1) is 0 Å². The van der Waals surface area contributed by atoms with Crippen LogP contribution in [0, 0.1) is 0 Å². The molecule has 3 heterocycles. The zero-order valence-corrected chi connectivity index (χ0v) is 12.6. The second kappa shape index (κ2) is 3.87. The second-order valence-electron chi connectivity index (χ2n) is 6.05. The van der Waals surface area contributed by atoms with E-state index in [1.807, 2.05) is 38.1 Å². The second-order valence-corrected chi connectivity index (χ2v) is 6.05. The summed E-state index contributed by atoms with van der Waals surface area (Å²) in [5.41, 5.74) is 0.362. The fourth-order valence-corrected chi connectivity index (χ4v) is 3.63. The number of rotatable bonds is 2. The number of nitrogens with zero attached hydrogens (tertiary/aromatic N) is 1. The molecule has 0 saturated carbocycles. The highest BCUT2D eigenvalue weighted by Crippen LogP contribution is 2.61. The third kappa shape index (κ3) is 1.37. The average molecular weight is 299 g/mol. The average Bonchev–Trinajstić information content (AvgIpc) is 3.04. The Hall–Kier alpha value is -2.40. The molecule has 0 saturated heterocycles. The molecular formula is C17H17NO4. The van der Waals surface area contributed by atoms with E-state index in [1.54, 1.807) is 19.2 Å². The number of ether oxygens (including phenoxy) is 2. The number of aromatic nitrogens is 1. The molecule has 2 bridgehead atoms. The molecule has 0 radical (unpaired) electrons. The van der Waals surface area contributed by atoms with Crippen molar-refractivity contribution < 1.29 is 19.7 Å². The molecule has 1 aromatic heterocycles. The summed E-state index contributed by atoms with van der Waals surface area (Å²) in [7, 11) is 1.56. The summed E-state index contributed by atoms with van der Waals surface area (Å²) in [5.74, 6) is 0.526. The molecular weight excluding hydrogens is 282 g/mol. The van der Waals surface area contributed by atoms with E-state index < -0.39 is 11.2 Å². The van der Waals surface area contributed by atoms with Crippen LogP contribution in [0.1, 0.15) is 25.0 Å². The van der Waals surface area contributed by atoms with Gasteiger partial charge in [-0.3, -0.25) is 0 Å². The Kier molecular flexibility index (Phi) is 2.33. The normalized spacial score (nSPS) is 28.1. The van der Waals surface area contributed by atoms with E-state index >= 15 is 0 Å². The van der Waals surface area contributed by atoms with E-state index in [-0.39, 0.29) is 11.8 Å². The monoisotopic (exact) mass is 299 g/mol. The fourth-order valence-electron chi connectivity index (χ4n) is 3.63. The molecule has 2 aromatic rings. The molecule has 2 unspecified atom stereocenters. The van der Waals surface area contributed by atoms with Gasteiger partial charge in [0.05, 0.1) is 23.9 Å². The van der Waals surface area contributed by atoms with Crippen LogP contribution in [0.4, 0.5) is 0 Å². The zero-order valence-electron chi connectivity index (χ0n) is 12.6. The van der Waals surface area contributed by atoms with E-state index in [2.05, 4.69) is 0 Å². The van der Waals surface area contributed by atoms with Crippen LogP contribution >= 0.6 is 0 Å². The van der Waals surface area contributed by atoms with Crippen molar-refractivity contribution in [3.8, 4) is 23.2 Å². The molecule has 0 spiro atoms. The standard InChI is InChI=1S/C17H17NO4/c1-16-8-9-17(2,22-16)13-12(16)14(19)18(15(13)20)10-6-4-5-7-11(10)21-3/h4-9,19-20H,1-3H3. The summed E-state index contributed by atoms with van der Waals surface area (Å²) in [6.07, 6.45) is 3.84. The molecule has 5 heteroatoms. The first-order valence-corrected chi connectivity index (χ1v) is 7.13. The summed E-state index contributed by atoms with van der Waals surface area (Å²) in [4.78, 5) is 0. The Balaban J connectivity index is 2.03. The van der Waals surface area contributed by atoms with Crippen molar-refractivity contribution in [1.29, 1.82) is 0 Å². The summed E-state index contributed by atoms with van der Waals surface area (Å²) in [6.45, 7) is 3.76. The number of aromatic hydroxyl groups is 2. The molecule has 2 N–H and O–H groups in total. The summed E-state index contributed by atoms with van der Waals surface area (Å²) in [5, 5.41) is 21.5. The lowest BCUT2D eigenvalue weighted by molar-refractivity contribution is -0.0517. The molecule has 22 heavy (non-hydrogen) atoms. The SMILES string of the molecule is COc1ccccc1-n1c(O)c2c(c1O)C1(C)C=CC2(C)O1. The Morgan fingerprint density at radius 1 is 1.00 bits per heavy atom. The molecule has 1 aromatic carbocycles. The van der Waals surface area contributed by atoms with Gasteiger partial charge in [0, 0.05) is 0 Å². The first kappa shape index (κ1) is 13.3. The van der Waals surface area contributed by atoms with Crippen molar-refractivity contribution in [2.45, 2.75) is 25.0 Å². The number of benzene rings is 1. The Morgan fingerprint density at radius 3 is 2.09 bits per heavy atom. The van der Waals surface area contributed by atoms with Crippen LogP contribution in [0.5, 0.6) is 17.5 Å². The van der Waals surface area contributed by atoms with Crippen LogP contribution in [0.2, 0.25) is 0 Å². The first-order chi connectivity index (χ1) is 10.4. The van der Waals surface area contributed by atoms with Crippen LogP contribution < -0.4 is 4.74 Å². The molecule has 114 valence electrons. The molecule has 0 aliphatic carbocycles. The lowest BCUT2D eigenvalue weighted by Gasteiger charge is -2.21. The maximum atomic E-state index is 10.7. The van der Waals surface area contributed by atoms with E-state index in [0.717, 1.165) is 0 Å². The van der Waals surface area contributed by atoms with Crippen molar-refractivity contribution in [1.82, 2.24) is 4.57 Å². The van der Waals surface area contributed by atoms with Crippen molar-refractivity contribution in [3.05, 3.63) is 47.5 Å². The van der Waals surface area contributed by atoms with Gasteiger partial charge in [-0.05, 0) is 38.1 Å². The predicted octanol–water partition coefficient (Wildman–Crippen LogP) is 2.93. The van der Waals surface area contributed by atoms with E-state index in [4.69, 9.17) is 9.47 Å². The third-order valence-corrected chi connectivity index (χ3v) is 4.58. The minimum atomic E-state index is -0.723. The number of hydrogen-bond acceptors (Lipinski definition) is 4. The lowest BCUT2D eigenvalue weighted by atomic mass is 9.86. The lowest BCUT2D eigenvalue weighted by Crippen LogP contribution is -2.19. The molecule has 2 atom stereocenters. The number of hydrogen-bond donors (Lipinski definition) is 2. The summed E-state index contributed by atoms with van der Waals surface area (Å²) in [6, 6.07) is 7.24. The minimum Gasteiger partial charge on any atom is -0.495 e. The predicted molar refractivity (Wildman–Crippen MR) is 80.6 cm³/mol. The van der Waals surface area contributed by atoms with Gasteiger partial charge in [-0.25, -0.2) is 4.57 Å². The van der Waals surface area contributed by atoms with Crippen molar-refractivity contribution >= 4 is 0 Å². The maximum Gasteiger partial charge on any atom is 0.205 e. The number of methoxy groups -OCH3 is 1. The van der Waals surface area contributed by atoms with Gasteiger partial charge in [-0.2, -0.15) is 0 Å². The Morgan fingerprint density at radius 2 is 1.55 bits per heavy atom. The molecule has 0 amide bonds. The van der Waals surface area contributed by atoms with Crippen molar-refractivity contribution in [2.75, 3.05) is 7.11 Å². The highest BCUT2D eigenvalue weighted by molar-refractivity contribution is 5.65. The van der Waals surface area contributed by atoms with E-state index in [9.17, 15) is 10.2 Å². The van der Waals surface area contributed by atoms with Gasteiger partial charge >= 0.3 is 0 Å². The van der Waals surface area contributed by atoms with Crippen LogP contribution in [-0.4, -0.2) is 21.9 Å². The molecule has 2 aliphatic heterocycles. The van der Waals surface area contributed by atoms with Gasteiger partial charge in [0.15, 0.2) is 0 Å². The topological polar surface area (TPSA) is 63.9 Å². The van der Waals surface area contributed by atoms with E-state index in [0.29, 0.717) is 22.6 Å².